The third kappa shape index (κ3) is 2.83. The zero-order valence-electron chi connectivity index (χ0n) is 11.4. The molecule has 0 spiro atoms. The summed E-state index contributed by atoms with van der Waals surface area (Å²) in [5.41, 5.74) is 3.65. The molecular weight excluding hydrogens is 314 g/mol. The highest BCUT2D eigenvalue weighted by Crippen LogP contribution is 2.39. The van der Waals surface area contributed by atoms with Gasteiger partial charge >= 0.3 is 0 Å². The average molecular weight is 332 g/mol. The number of anilines is 1. The summed E-state index contributed by atoms with van der Waals surface area (Å²) >= 11 is 3.47. The number of phenols is 1. The summed E-state index contributed by atoms with van der Waals surface area (Å²) in [7, 11) is 0. The van der Waals surface area contributed by atoms with Crippen LogP contribution in [-0.2, 0) is 0 Å². The number of rotatable bonds is 3. The van der Waals surface area contributed by atoms with Crippen LogP contribution in [0.5, 0.6) is 5.75 Å². The minimum Gasteiger partial charge on any atom is -0.508 e. The van der Waals surface area contributed by atoms with E-state index < -0.39 is 0 Å². The molecule has 1 saturated carbocycles. The Morgan fingerprint density at radius 1 is 1.10 bits per heavy atom. The smallest absolute Gasteiger partial charge is 0.115 e. The first-order chi connectivity index (χ1) is 9.61. The van der Waals surface area contributed by atoms with Crippen molar-refractivity contribution in [3.63, 3.8) is 0 Å². The Morgan fingerprint density at radius 2 is 1.80 bits per heavy atom. The van der Waals surface area contributed by atoms with Gasteiger partial charge in [-0.25, -0.2) is 0 Å². The zero-order chi connectivity index (χ0) is 14.1. The van der Waals surface area contributed by atoms with E-state index in [9.17, 15) is 5.11 Å². The fourth-order valence-electron chi connectivity index (χ4n) is 2.77. The predicted molar refractivity (Wildman–Crippen MR) is 86.4 cm³/mol. The molecule has 3 rings (SSSR count). The van der Waals surface area contributed by atoms with Crippen molar-refractivity contribution in [1.82, 2.24) is 0 Å². The summed E-state index contributed by atoms with van der Waals surface area (Å²) in [5, 5.41) is 13.0. The van der Waals surface area contributed by atoms with Gasteiger partial charge in [0.1, 0.15) is 5.75 Å². The van der Waals surface area contributed by atoms with Crippen LogP contribution >= 0.6 is 15.9 Å². The molecule has 0 amide bonds. The van der Waals surface area contributed by atoms with E-state index in [0.29, 0.717) is 17.7 Å². The van der Waals surface area contributed by atoms with Crippen LogP contribution in [0.3, 0.4) is 0 Å². The first-order valence-corrected chi connectivity index (χ1v) is 7.73. The number of nitrogens with one attached hydrogen (secondary N) is 1. The van der Waals surface area contributed by atoms with Gasteiger partial charge in [-0.2, -0.15) is 0 Å². The normalized spacial score (nSPS) is 21.3. The van der Waals surface area contributed by atoms with Crippen LogP contribution in [-0.4, -0.2) is 11.1 Å². The van der Waals surface area contributed by atoms with Crippen molar-refractivity contribution in [2.24, 2.45) is 0 Å². The molecule has 2 aromatic carbocycles. The fraction of sp³-hybridized carbons (Fsp3) is 0.294. The molecule has 0 saturated heterocycles. The van der Waals surface area contributed by atoms with Crippen molar-refractivity contribution in [1.29, 1.82) is 0 Å². The summed E-state index contributed by atoms with van der Waals surface area (Å²) < 4.78 is 1.13. The van der Waals surface area contributed by atoms with Crippen LogP contribution in [0, 0.1) is 6.92 Å². The Kier molecular flexibility index (Phi) is 3.70. The summed E-state index contributed by atoms with van der Waals surface area (Å²) in [5.74, 6) is 0.993. The number of hydrogen-bond donors (Lipinski definition) is 2. The van der Waals surface area contributed by atoms with E-state index in [0.717, 1.165) is 15.7 Å². The van der Waals surface area contributed by atoms with E-state index in [1.54, 1.807) is 12.1 Å². The minimum atomic E-state index is 0.328. The Balaban J connectivity index is 1.59. The molecule has 0 bridgehead atoms. The van der Waals surface area contributed by atoms with Crippen molar-refractivity contribution >= 4 is 21.6 Å². The Hall–Kier alpha value is -1.48. The second-order valence-corrected chi connectivity index (χ2v) is 6.48. The number of aromatic hydroxyl groups is 1. The molecular formula is C17H18BrNO. The highest BCUT2D eigenvalue weighted by Gasteiger charge is 2.30. The first kappa shape index (κ1) is 13.5. The molecule has 20 heavy (non-hydrogen) atoms. The summed E-state index contributed by atoms with van der Waals surface area (Å²) in [6, 6.07) is 14.7. The lowest BCUT2D eigenvalue weighted by Gasteiger charge is -2.37. The second kappa shape index (κ2) is 5.49. The van der Waals surface area contributed by atoms with Crippen LogP contribution in [0.1, 0.15) is 29.9 Å². The molecule has 1 fully saturated rings. The maximum atomic E-state index is 9.42. The van der Waals surface area contributed by atoms with E-state index >= 15 is 0 Å². The van der Waals surface area contributed by atoms with E-state index in [2.05, 4.69) is 45.5 Å². The molecule has 2 aromatic rings. The van der Waals surface area contributed by atoms with Crippen molar-refractivity contribution in [3.8, 4) is 5.75 Å². The zero-order valence-corrected chi connectivity index (χ0v) is 13.0. The number of aryl methyl sites for hydroxylation is 1. The van der Waals surface area contributed by atoms with Crippen LogP contribution < -0.4 is 5.32 Å². The van der Waals surface area contributed by atoms with Crippen LogP contribution in [0.25, 0.3) is 0 Å². The van der Waals surface area contributed by atoms with E-state index in [1.807, 2.05) is 13.0 Å². The van der Waals surface area contributed by atoms with Gasteiger partial charge in [-0.15, -0.1) is 0 Å². The van der Waals surface area contributed by atoms with Crippen molar-refractivity contribution in [2.75, 3.05) is 5.32 Å². The monoisotopic (exact) mass is 331 g/mol. The summed E-state index contributed by atoms with van der Waals surface area (Å²) in [6.45, 7) is 2.02. The average Bonchev–Trinajstić information content (AvgIpc) is 2.37. The SMILES string of the molecule is Cc1cc(O)ccc1NC1CC(c2ccc(Br)cc2)C1. The summed E-state index contributed by atoms with van der Waals surface area (Å²) in [6.07, 6.45) is 2.34. The van der Waals surface area contributed by atoms with Gasteiger partial charge in [0.25, 0.3) is 0 Å². The summed E-state index contributed by atoms with van der Waals surface area (Å²) in [4.78, 5) is 0. The third-order valence-electron chi connectivity index (χ3n) is 4.05. The van der Waals surface area contributed by atoms with Crippen LogP contribution in [0.2, 0.25) is 0 Å². The number of hydrogen-bond acceptors (Lipinski definition) is 2. The number of benzene rings is 2. The first-order valence-electron chi connectivity index (χ1n) is 6.93. The fourth-order valence-corrected chi connectivity index (χ4v) is 3.04. The lowest BCUT2D eigenvalue weighted by Crippen LogP contribution is -2.34. The molecule has 0 unspecified atom stereocenters. The Bertz CT molecular complexity index is 603. The minimum absolute atomic E-state index is 0.328. The topological polar surface area (TPSA) is 32.3 Å². The molecule has 0 heterocycles. The van der Waals surface area contributed by atoms with E-state index in [4.69, 9.17) is 0 Å². The molecule has 104 valence electrons. The van der Waals surface area contributed by atoms with Crippen LogP contribution in [0.15, 0.2) is 46.9 Å². The van der Waals surface area contributed by atoms with E-state index in [-0.39, 0.29) is 0 Å². The Morgan fingerprint density at radius 3 is 2.45 bits per heavy atom. The maximum Gasteiger partial charge on any atom is 0.115 e. The van der Waals surface area contributed by atoms with Crippen molar-refractivity contribution in [3.05, 3.63) is 58.1 Å². The lowest BCUT2D eigenvalue weighted by atomic mass is 9.76. The maximum absolute atomic E-state index is 9.42. The Labute approximate surface area is 128 Å². The quantitative estimate of drug-likeness (QED) is 0.790. The highest BCUT2D eigenvalue weighted by atomic mass is 79.9. The molecule has 0 aromatic heterocycles. The van der Waals surface area contributed by atoms with Gasteiger partial charge in [-0.1, -0.05) is 28.1 Å². The number of halogens is 1. The second-order valence-electron chi connectivity index (χ2n) is 5.56. The van der Waals surface area contributed by atoms with E-state index in [1.165, 1.54) is 18.4 Å². The molecule has 1 aliphatic carbocycles. The third-order valence-corrected chi connectivity index (χ3v) is 4.58. The molecule has 1 aliphatic rings. The van der Waals surface area contributed by atoms with Gasteiger partial charge in [-0.3, -0.25) is 0 Å². The molecule has 2 N–H and O–H groups in total. The van der Waals surface area contributed by atoms with Crippen LogP contribution in [0.4, 0.5) is 5.69 Å². The standard InChI is InChI=1S/C17H18BrNO/c1-11-8-16(20)6-7-17(11)19-15-9-13(10-15)12-2-4-14(18)5-3-12/h2-8,13,15,19-20H,9-10H2,1H3. The molecule has 0 radical (unpaired) electrons. The van der Waals surface area contributed by atoms with Crippen molar-refractivity contribution < 1.29 is 5.11 Å². The highest BCUT2D eigenvalue weighted by molar-refractivity contribution is 9.10. The molecule has 3 heteroatoms. The van der Waals surface area contributed by atoms with Gasteiger partial charge in [0.05, 0.1) is 0 Å². The van der Waals surface area contributed by atoms with Gasteiger partial charge < -0.3 is 10.4 Å². The largest absolute Gasteiger partial charge is 0.508 e. The van der Waals surface area contributed by atoms with Gasteiger partial charge in [0, 0.05) is 16.2 Å². The predicted octanol–water partition coefficient (Wildman–Crippen LogP) is 4.82. The molecule has 2 nitrogen and oxygen atoms in total. The molecule has 0 atom stereocenters. The molecule has 0 aliphatic heterocycles. The van der Waals surface area contributed by atoms with Gasteiger partial charge in [0.2, 0.25) is 0 Å². The van der Waals surface area contributed by atoms with Gasteiger partial charge in [0.15, 0.2) is 0 Å². The lowest BCUT2D eigenvalue weighted by molar-refractivity contribution is 0.374. The van der Waals surface area contributed by atoms with Crippen molar-refractivity contribution in [2.45, 2.75) is 31.7 Å². The van der Waals surface area contributed by atoms with Gasteiger partial charge in [-0.05, 0) is 67.1 Å². The number of phenolic OH excluding ortho intramolecular Hbond substituents is 1.